The monoisotopic (exact) mass is 358 g/mol. The van der Waals surface area contributed by atoms with E-state index in [4.69, 9.17) is 4.18 Å². The van der Waals surface area contributed by atoms with E-state index in [2.05, 4.69) is 0 Å². The van der Waals surface area contributed by atoms with Gasteiger partial charge in [-0.3, -0.25) is 9.59 Å². The van der Waals surface area contributed by atoms with E-state index in [1.807, 2.05) is 13.8 Å². The Hall–Kier alpha value is -2.47. The first-order valence-electron chi connectivity index (χ1n) is 7.93. The minimum Gasteiger partial charge on any atom is -0.378 e. The molecule has 0 radical (unpaired) electrons. The van der Waals surface area contributed by atoms with E-state index in [0.29, 0.717) is 12.0 Å². The van der Waals surface area contributed by atoms with Gasteiger partial charge in [-0.15, -0.1) is 0 Å². The standard InChI is InChI=1S/C19H18O5S/c1-11-7-8-17(19-16(21)9-12(2)18(11)19)24-25(22,23)15-6-4-5-14(10-15)13(3)20/h4-8,10,12H,9H2,1-3H3. The number of carbonyl (C=O) groups excluding carboxylic acids is 2. The molecular formula is C19H18O5S. The summed E-state index contributed by atoms with van der Waals surface area (Å²) < 4.78 is 30.5. The molecule has 0 bridgehead atoms. The normalized spacial score (nSPS) is 16.6. The summed E-state index contributed by atoms with van der Waals surface area (Å²) in [4.78, 5) is 23.7. The molecule has 0 N–H and O–H groups in total. The van der Waals surface area contributed by atoms with Crippen molar-refractivity contribution in [2.24, 2.45) is 0 Å². The number of hydrogen-bond acceptors (Lipinski definition) is 5. The van der Waals surface area contributed by atoms with Crippen molar-refractivity contribution in [1.29, 1.82) is 0 Å². The largest absolute Gasteiger partial charge is 0.378 e. The second-order valence-corrected chi connectivity index (χ2v) is 7.87. The quantitative estimate of drug-likeness (QED) is 0.616. The van der Waals surface area contributed by atoms with Gasteiger partial charge in [0, 0.05) is 12.0 Å². The molecule has 0 spiro atoms. The first-order valence-corrected chi connectivity index (χ1v) is 9.33. The van der Waals surface area contributed by atoms with Gasteiger partial charge in [-0.05, 0) is 49.1 Å². The van der Waals surface area contributed by atoms with Crippen molar-refractivity contribution in [3.8, 4) is 5.75 Å². The van der Waals surface area contributed by atoms with Crippen LogP contribution < -0.4 is 4.18 Å². The highest BCUT2D eigenvalue weighted by Gasteiger charge is 2.32. The Kier molecular flexibility index (Phi) is 4.24. The van der Waals surface area contributed by atoms with E-state index in [1.54, 1.807) is 6.07 Å². The van der Waals surface area contributed by atoms with Gasteiger partial charge in [-0.25, -0.2) is 0 Å². The van der Waals surface area contributed by atoms with Gasteiger partial charge in [0.2, 0.25) is 0 Å². The second-order valence-electron chi connectivity index (χ2n) is 6.32. The van der Waals surface area contributed by atoms with E-state index in [9.17, 15) is 18.0 Å². The van der Waals surface area contributed by atoms with Crippen LogP contribution in [0.15, 0.2) is 41.3 Å². The Bertz CT molecular complexity index is 989. The third-order valence-corrected chi connectivity index (χ3v) is 5.65. The van der Waals surface area contributed by atoms with Gasteiger partial charge < -0.3 is 4.18 Å². The fraction of sp³-hybridized carbons (Fsp3) is 0.263. The fourth-order valence-corrected chi connectivity index (χ4v) is 4.20. The van der Waals surface area contributed by atoms with Gasteiger partial charge in [-0.1, -0.05) is 25.1 Å². The van der Waals surface area contributed by atoms with Crippen LogP contribution in [-0.2, 0) is 10.1 Å². The van der Waals surface area contributed by atoms with E-state index in [-0.39, 0.29) is 33.7 Å². The SMILES string of the molecule is CC(=O)c1cccc(S(=O)(=O)Oc2ccc(C)c3c2C(=O)CC3C)c1. The second kappa shape index (κ2) is 6.11. The molecule has 0 heterocycles. The first kappa shape index (κ1) is 17.4. The van der Waals surface area contributed by atoms with Crippen molar-refractivity contribution in [1.82, 2.24) is 0 Å². The summed E-state index contributed by atoms with van der Waals surface area (Å²) in [5.41, 5.74) is 2.41. The lowest BCUT2D eigenvalue weighted by molar-refractivity contribution is 0.0986. The zero-order valence-electron chi connectivity index (χ0n) is 14.2. The molecule has 1 aliphatic rings. The van der Waals surface area contributed by atoms with Crippen molar-refractivity contribution >= 4 is 21.7 Å². The third-order valence-electron chi connectivity index (χ3n) is 4.42. The number of benzene rings is 2. The lowest BCUT2D eigenvalue weighted by Crippen LogP contribution is -2.13. The molecule has 0 fully saturated rings. The molecule has 1 aliphatic carbocycles. The van der Waals surface area contributed by atoms with Gasteiger partial charge >= 0.3 is 10.1 Å². The lowest BCUT2D eigenvalue weighted by atomic mass is 9.98. The number of hydrogen-bond donors (Lipinski definition) is 0. The highest BCUT2D eigenvalue weighted by atomic mass is 32.2. The van der Waals surface area contributed by atoms with Gasteiger partial charge in [0.25, 0.3) is 0 Å². The lowest BCUT2D eigenvalue weighted by Gasteiger charge is -2.13. The van der Waals surface area contributed by atoms with Gasteiger partial charge in [0.1, 0.15) is 4.90 Å². The summed E-state index contributed by atoms with van der Waals surface area (Å²) in [6.07, 6.45) is 0.344. The molecule has 0 amide bonds. The number of rotatable bonds is 4. The van der Waals surface area contributed by atoms with Crippen LogP contribution in [0.25, 0.3) is 0 Å². The number of aryl methyl sites for hydroxylation is 1. The predicted molar refractivity (Wildman–Crippen MR) is 92.8 cm³/mol. The molecule has 1 atom stereocenters. The number of ketones is 2. The predicted octanol–water partition coefficient (Wildman–Crippen LogP) is 3.66. The fourth-order valence-electron chi connectivity index (χ4n) is 3.21. The molecule has 3 rings (SSSR count). The summed E-state index contributed by atoms with van der Waals surface area (Å²) in [6, 6.07) is 8.92. The first-order chi connectivity index (χ1) is 11.7. The molecule has 130 valence electrons. The highest BCUT2D eigenvalue weighted by molar-refractivity contribution is 7.87. The summed E-state index contributed by atoms with van der Waals surface area (Å²) in [5.74, 6) is -0.274. The van der Waals surface area contributed by atoms with Crippen molar-refractivity contribution in [2.45, 2.75) is 38.0 Å². The number of Topliss-reactive ketones (excluding diaryl/α,β-unsaturated/α-hetero) is 2. The van der Waals surface area contributed by atoms with E-state index < -0.39 is 10.1 Å². The van der Waals surface area contributed by atoms with E-state index in [0.717, 1.165) is 11.1 Å². The number of fused-ring (bicyclic) bond motifs is 1. The highest BCUT2D eigenvalue weighted by Crippen LogP contribution is 2.40. The van der Waals surface area contributed by atoms with Crippen molar-refractivity contribution in [2.75, 3.05) is 0 Å². The Labute approximate surface area is 146 Å². The van der Waals surface area contributed by atoms with Gasteiger partial charge in [0.15, 0.2) is 17.3 Å². The average molecular weight is 358 g/mol. The Balaban J connectivity index is 2.05. The molecule has 0 saturated carbocycles. The topological polar surface area (TPSA) is 77.5 Å². The summed E-state index contributed by atoms with van der Waals surface area (Å²) in [6.45, 7) is 5.19. The maximum atomic E-state index is 12.6. The van der Waals surface area contributed by atoms with Gasteiger partial charge in [0.05, 0.1) is 5.56 Å². The molecule has 6 heteroatoms. The minimum absolute atomic E-state index is 0.0368. The van der Waals surface area contributed by atoms with Crippen LogP contribution in [0.4, 0.5) is 0 Å². The minimum atomic E-state index is -4.15. The molecule has 1 unspecified atom stereocenters. The van der Waals surface area contributed by atoms with Crippen molar-refractivity contribution < 1.29 is 22.2 Å². The molecule has 5 nitrogen and oxygen atoms in total. The zero-order chi connectivity index (χ0) is 18.4. The molecule has 2 aromatic carbocycles. The van der Waals surface area contributed by atoms with Crippen LogP contribution in [0.2, 0.25) is 0 Å². The van der Waals surface area contributed by atoms with Crippen molar-refractivity contribution in [3.05, 3.63) is 58.7 Å². The molecule has 25 heavy (non-hydrogen) atoms. The zero-order valence-corrected chi connectivity index (χ0v) is 15.0. The smallest absolute Gasteiger partial charge is 0.339 e. The van der Waals surface area contributed by atoms with Crippen LogP contribution in [0, 0.1) is 6.92 Å². The molecule has 2 aromatic rings. The van der Waals surface area contributed by atoms with Crippen LogP contribution in [0.3, 0.4) is 0 Å². The maximum Gasteiger partial charge on any atom is 0.339 e. The number of carbonyl (C=O) groups is 2. The van der Waals surface area contributed by atoms with Gasteiger partial charge in [-0.2, -0.15) is 8.42 Å². The Morgan fingerprint density at radius 3 is 2.60 bits per heavy atom. The molecule has 0 saturated heterocycles. The summed E-state index contributed by atoms with van der Waals surface area (Å²) >= 11 is 0. The Morgan fingerprint density at radius 2 is 1.92 bits per heavy atom. The third kappa shape index (κ3) is 3.09. The maximum absolute atomic E-state index is 12.6. The van der Waals surface area contributed by atoms with E-state index in [1.165, 1.54) is 37.3 Å². The van der Waals surface area contributed by atoms with E-state index >= 15 is 0 Å². The molecule has 0 aliphatic heterocycles. The van der Waals surface area contributed by atoms with Crippen LogP contribution >= 0.6 is 0 Å². The summed E-state index contributed by atoms with van der Waals surface area (Å²) in [5, 5.41) is 0. The summed E-state index contributed by atoms with van der Waals surface area (Å²) in [7, 11) is -4.15. The molecule has 0 aromatic heterocycles. The van der Waals surface area contributed by atoms with Crippen molar-refractivity contribution in [3.63, 3.8) is 0 Å². The Morgan fingerprint density at radius 1 is 1.20 bits per heavy atom. The molecular weight excluding hydrogens is 340 g/mol. The van der Waals surface area contributed by atoms with Crippen LogP contribution in [-0.4, -0.2) is 20.0 Å². The van der Waals surface area contributed by atoms with Crippen LogP contribution in [0.5, 0.6) is 5.75 Å². The average Bonchev–Trinajstić information content (AvgIpc) is 2.86. The van der Waals surface area contributed by atoms with Crippen LogP contribution in [0.1, 0.15) is 58.0 Å².